The second-order valence-electron chi connectivity index (χ2n) is 8.15. The molecule has 4 nitrogen and oxygen atoms in total. The molecule has 3 aromatic rings. The molecule has 0 atom stereocenters. The van der Waals surface area contributed by atoms with E-state index in [1.165, 1.54) is 29.8 Å². The zero-order chi connectivity index (χ0) is 20.0. The lowest BCUT2D eigenvalue weighted by atomic mass is 9.77. The number of rotatable bonds is 3. The normalized spacial score (nSPS) is 18.9. The van der Waals surface area contributed by atoms with Crippen molar-refractivity contribution in [2.75, 3.05) is 19.6 Å². The van der Waals surface area contributed by atoms with Crippen LogP contribution in [0, 0.1) is 11.6 Å². The Hall–Kier alpha value is -2.73. The maximum Gasteiger partial charge on any atom is 0.210 e. The second-order valence-corrected chi connectivity index (χ2v) is 8.15. The minimum atomic E-state index is -0.371. The molecule has 6 heteroatoms. The van der Waals surface area contributed by atoms with Gasteiger partial charge in [0.1, 0.15) is 11.6 Å². The highest BCUT2D eigenvalue weighted by atomic mass is 19.1. The van der Waals surface area contributed by atoms with Gasteiger partial charge in [0, 0.05) is 42.8 Å². The zero-order valence-corrected chi connectivity index (χ0v) is 16.1. The fourth-order valence-corrected chi connectivity index (χ4v) is 5.09. The van der Waals surface area contributed by atoms with E-state index in [2.05, 4.69) is 9.88 Å². The first-order valence-electron chi connectivity index (χ1n) is 10.1. The first-order valence-corrected chi connectivity index (χ1v) is 10.1. The van der Waals surface area contributed by atoms with Crippen LogP contribution in [-0.4, -0.2) is 40.8 Å². The van der Waals surface area contributed by atoms with E-state index >= 15 is 0 Å². The summed E-state index contributed by atoms with van der Waals surface area (Å²) in [5, 5.41) is 1.06. The van der Waals surface area contributed by atoms with Crippen LogP contribution in [0.4, 0.5) is 8.78 Å². The van der Waals surface area contributed by atoms with Gasteiger partial charge in [0.2, 0.25) is 6.41 Å². The molecule has 3 heterocycles. The van der Waals surface area contributed by atoms with Gasteiger partial charge in [0.05, 0.1) is 5.54 Å². The van der Waals surface area contributed by atoms with Crippen LogP contribution in [0.2, 0.25) is 0 Å². The van der Waals surface area contributed by atoms with Crippen LogP contribution in [0.3, 0.4) is 0 Å². The average molecular weight is 395 g/mol. The van der Waals surface area contributed by atoms with E-state index in [0.717, 1.165) is 67.5 Å². The van der Waals surface area contributed by atoms with Crippen molar-refractivity contribution in [1.29, 1.82) is 0 Å². The lowest BCUT2D eigenvalue weighted by Crippen LogP contribution is -2.55. The van der Waals surface area contributed by atoms with Crippen LogP contribution in [0.15, 0.2) is 42.5 Å². The molecule has 1 saturated heterocycles. The molecular formula is C23H23F2N3O. The average Bonchev–Trinajstić information content (AvgIpc) is 3.10. The van der Waals surface area contributed by atoms with Crippen molar-refractivity contribution >= 4 is 17.3 Å². The first-order chi connectivity index (χ1) is 14.1. The largest absolute Gasteiger partial charge is 0.356 e. The molecular weight excluding hydrogens is 372 g/mol. The molecule has 0 aliphatic carbocycles. The number of fused-ring (bicyclic) bond motifs is 4. The highest BCUT2D eigenvalue weighted by molar-refractivity contribution is 5.85. The minimum Gasteiger partial charge on any atom is -0.356 e. The number of likely N-dealkylation sites (tertiary alicyclic amines) is 1. The first kappa shape index (κ1) is 18.3. The zero-order valence-electron chi connectivity index (χ0n) is 16.1. The third-order valence-corrected chi connectivity index (χ3v) is 6.62. The molecule has 1 aromatic heterocycles. The fourth-order valence-electron chi connectivity index (χ4n) is 5.09. The third kappa shape index (κ3) is 3.02. The number of H-pyrrole nitrogens is 1. The fraction of sp³-hybridized carbons (Fsp3) is 0.348. The number of hydrogen-bond donors (Lipinski definition) is 1. The Morgan fingerprint density at radius 3 is 2.45 bits per heavy atom. The molecule has 0 bridgehead atoms. The maximum atomic E-state index is 13.7. The van der Waals surface area contributed by atoms with Gasteiger partial charge in [-0.15, -0.1) is 0 Å². The Morgan fingerprint density at radius 1 is 1.00 bits per heavy atom. The number of carbonyl (C=O) groups excluding carboxylic acids is 1. The summed E-state index contributed by atoms with van der Waals surface area (Å²) in [6, 6.07) is 11.5. The lowest BCUT2D eigenvalue weighted by Gasteiger charge is -2.49. The highest BCUT2D eigenvalue weighted by Crippen LogP contribution is 2.44. The summed E-state index contributed by atoms with van der Waals surface area (Å²) >= 11 is 0. The Labute approximate surface area is 168 Å². The van der Waals surface area contributed by atoms with Crippen LogP contribution < -0.4 is 0 Å². The van der Waals surface area contributed by atoms with Gasteiger partial charge in [-0.25, -0.2) is 8.78 Å². The van der Waals surface area contributed by atoms with Gasteiger partial charge in [0.15, 0.2) is 0 Å². The van der Waals surface area contributed by atoms with Crippen LogP contribution in [0.25, 0.3) is 10.9 Å². The van der Waals surface area contributed by atoms with Gasteiger partial charge >= 0.3 is 0 Å². The monoisotopic (exact) mass is 395 g/mol. The van der Waals surface area contributed by atoms with E-state index in [-0.39, 0.29) is 17.2 Å². The summed E-state index contributed by atoms with van der Waals surface area (Å²) < 4.78 is 26.9. The van der Waals surface area contributed by atoms with Crippen molar-refractivity contribution in [3.05, 3.63) is 70.9 Å². The van der Waals surface area contributed by atoms with Crippen LogP contribution in [-0.2, 0) is 23.3 Å². The van der Waals surface area contributed by atoms with Crippen molar-refractivity contribution in [3.63, 3.8) is 0 Å². The highest BCUT2D eigenvalue weighted by Gasteiger charge is 2.46. The number of nitrogens with one attached hydrogen (secondary N) is 1. The predicted molar refractivity (Wildman–Crippen MR) is 107 cm³/mol. The lowest BCUT2D eigenvalue weighted by molar-refractivity contribution is -0.128. The number of nitrogens with zero attached hydrogens (tertiary/aromatic N) is 2. The van der Waals surface area contributed by atoms with Crippen LogP contribution >= 0.6 is 0 Å². The summed E-state index contributed by atoms with van der Waals surface area (Å²) in [6.45, 7) is 3.12. The summed E-state index contributed by atoms with van der Waals surface area (Å²) in [5.41, 5.74) is 3.79. The summed E-state index contributed by atoms with van der Waals surface area (Å²) in [7, 11) is 0. The number of hydrogen-bond acceptors (Lipinski definition) is 2. The predicted octanol–water partition coefficient (Wildman–Crippen LogP) is 3.95. The smallest absolute Gasteiger partial charge is 0.210 e. The second kappa shape index (κ2) is 6.95. The molecule has 1 fully saturated rings. The van der Waals surface area contributed by atoms with E-state index in [9.17, 15) is 13.6 Å². The van der Waals surface area contributed by atoms with Crippen LogP contribution in [0.1, 0.15) is 29.7 Å². The third-order valence-electron chi connectivity index (χ3n) is 6.62. The molecule has 150 valence electrons. The molecule has 2 aliphatic heterocycles. The molecule has 1 N–H and O–H groups in total. The molecule has 2 aliphatic rings. The van der Waals surface area contributed by atoms with E-state index in [1.54, 1.807) is 0 Å². The summed E-state index contributed by atoms with van der Waals surface area (Å²) in [6.07, 6.45) is 3.37. The standard InChI is InChI=1S/C23H23F2N3O/c24-17-3-1-16(2-4-17)14-27-11-8-23(9-12-27)22-20(7-10-28(23)15-29)19-6-5-18(25)13-21(19)26-22/h1-6,13,15,26H,7-12,14H2. The maximum absolute atomic E-state index is 13.7. The van der Waals surface area contributed by atoms with E-state index < -0.39 is 0 Å². The van der Waals surface area contributed by atoms with Crippen molar-refractivity contribution in [1.82, 2.24) is 14.8 Å². The van der Waals surface area contributed by atoms with E-state index in [1.807, 2.05) is 23.1 Å². The molecule has 2 aromatic carbocycles. The molecule has 1 amide bonds. The van der Waals surface area contributed by atoms with Gasteiger partial charge in [-0.1, -0.05) is 12.1 Å². The Balaban J connectivity index is 1.44. The number of aromatic nitrogens is 1. The number of carbonyl (C=O) groups is 1. The SMILES string of the molecule is O=CN1CCc2c([nH]c3cc(F)ccc23)C12CCN(Cc1ccc(F)cc1)CC2. The number of halogens is 2. The van der Waals surface area contributed by atoms with Crippen molar-refractivity contribution in [3.8, 4) is 0 Å². The quantitative estimate of drug-likeness (QED) is 0.682. The molecule has 0 unspecified atom stereocenters. The van der Waals surface area contributed by atoms with Gasteiger partial charge in [-0.3, -0.25) is 9.69 Å². The number of benzene rings is 2. The number of piperidine rings is 1. The van der Waals surface area contributed by atoms with Gasteiger partial charge in [-0.05, 0) is 60.7 Å². The minimum absolute atomic E-state index is 0.224. The Morgan fingerprint density at radius 2 is 1.72 bits per heavy atom. The van der Waals surface area contributed by atoms with Gasteiger partial charge in [-0.2, -0.15) is 0 Å². The molecule has 5 rings (SSSR count). The molecule has 0 saturated carbocycles. The molecule has 29 heavy (non-hydrogen) atoms. The van der Waals surface area contributed by atoms with Crippen molar-refractivity contribution in [2.24, 2.45) is 0 Å². The van der Waals surface area contributed by atoms with E-state index in [4.69, 9.17) is 0 Å². The van der Waals surface area contributed by atoms with Crippen molar-refractivity contribution < 1.29 is 13.6 Å². The van der Waals surface area contributed by atoms with Crippen molar-refractivity contribution in [2.45, 2.75) is 31.3 Å². The summed E-state index contributed by atoms with van der Waals surface area (Å²) in [4.78, 5) is 19.6. The van der Waals surface area contributed by atoms with Gasteiger partial charge in [0.25, 0.3) is 0 Å². The molecule has 0 radical (unpaired) electrons. The number of aromatic amines is 1. The Kier molecular flexibility index (Phi) is 4.39. The summed E-state index contributed by atoms with van der Waals surface area (Å²) in [5.74, 6) is -0.482. The molecule has 1 spiro atoms. The Bertz CT molecular complexity index is 1050. The van der Waals surface area contributed by atoms with E-state index in [0.29, 0.717) is 6.54 Å². The number of amides is 1. The topological polar surface area (TPSA) is 39.3 Å². The van der Waals surface area contributed by atoms with Gasteiger partial charge < -0.3 is 9.88 Å². The van der Waals surface area contributed by atoms with Crippen LogP contribution in [0.5, 0.6) is 0 Å².